The van der Waals surface area contributed by atoms with E-state index in [-0.39, 0.29) is 16.7 Å². The van der Waals surface area contributed by atoms with E-state index in [1.54, 1.807) is 35.2 Å². The number of rotatable bonds is 4. The molecule has 1 aliphatic rings. The number of anilines is 2. The van der Waals surface area contributed by atoms with Crippen molar-refractivity contribution in [1.29, 1.82) is 0 Å². The van der Waals surface area contributed by atoms with Crippen LogP contribution in [0.4, 0.5) is 11.4 Å². The van der Waals surface area contributed by atoms with E-state index in [9.17, 15) is 18.0 Å². The maximum atomic E-state index is 12.6. The van der Waals surface area contributed by atoms with Crippen LogP contribution in [0.5, 0.6) is 0 Å². The molecule has 1 aliphatic heterocycles. The number of sulfonamides is 1. The molecule has 0 aromatic heterocycles. The molecule has 3 rings (SSSR count). The molecule has 142 valence electrons. The summed E-state index contributed by atoms with van der Waals surface area (Å²) in [6.07, 6.45) is 0.701. The van der Waals surface area contributed by atoms with Gasteiger partial charge < -0.3 is 10.2 Å². The first-order chi connectivity index (χ1) is 12.7. The van der Waals surface area contributed by atoms with Gasteiger partial charge in [-0.3, -0.25) is 9.59 Å². The van der Waals surface area contributed by atoms with Crippen LogP contribution in [0.2, 0.25) is 0 Å². The van der Waals surface area contributed by atoms with Gasteiger partial charge in [-0.05, 0) is 48.4 Å². The van der Waals surface area contributed by atoms with Crippen molar-refractivity contribution in [2.45, 2.75) is 18.2 Å². The first-order valence-corrected chi connectivity index (χ1v) is 9.89. The number of amides is 2. The van der Waals surface area contributed by atoms with E-state index in [0.717, 1.165) is 15.6 Å². The summed E-state index contributed by atoms with van der Waals surface area (Å²) in [5.41, 5.74) is 2.63. The molecule has 0 atom stereocenters. The SMILES string of the molecule is CC(=O)N1CCc2cc(C(=O)Nc3cccc(S(=O)(=O)N(C)C)c3)ccc21. The summed E-state index contributed by atoms with van der Waals surface area (Å²) in [4.78, 5) is 26.0. The summed E-state index contributed by atoms with van der Waals surface area (Å²) in [6.45, 7) is 2.13. The maximum absolute atomic E-state index is 12.6. The number of carbonyl (C=O) groups is 2. The third-order valence-electron chi connectivity index (χ3n) is 4.49. The smallest absolute Gasteiger partial charge is 0.255 e. The van der Waals surface area contributed by atoms with Gasteiger partial charge in [0.1, 0.15) is 0 Å². The highest BCUT2D eigenvalue weighted by molar-refractivity contribution is 7.89. The Morgan fingerprint density at radius 3 is 2.52 bits per heavy atom. The Balaban J connectivity index is 1.82. The van der Waals surface area contributed by atoms with Crippen molar-refractivity contribution in [3.63, 3.8) is 0 Å². The van der Waals surface area contributed by atoms with Gasteiger partial charge in [0.2, 0.25) is 15.9 Å². The quantitative estimate of drug-likeness (QED) is 0.870. The van der Waals surface area contributed by atoms with Crippen LogP contribution < -0.4 is 10.2 Å². The molecule has 7 nitrogen and oxygen atoms in total. The lowest BCUT2D eigenvalue weighted by Crippen LogP contribution is -2.25. The van der Waals surface area contributed by atoms with E-state index in [4.69, 9.17) is 0 Å². The highest BCUT2D eigenvalue weighted by Gasteiger charge is 2.23. The lowest BCUT2D eigenvalue weighted by atomic mass is 10.1. The lowest BCUT2D eigenvalue weighted by molar-refractivity contribution is -0.116. The maximum Gasteiger partial charge on any atom is 0.255 e. The summed E-state index contributed by atoms with van der Waals surface area (Å²) in [5, 5.41) is 2.73. The number of hydrogen-bond acceptors (Lipinski definition) is 4. The molecule has 0 unspecified atom stereocenters. The van der Waals surface area contributed by atoms with Crippen molar-refractivity contribution in [2.24, 2.45) is 0 Å². The normalized spacial score (nSPS) is 13.6. The summed E-state index contributed by atoms with van der Waals surface area (Å²) < 4.78 is 25.6. The minimum atomic E-state index is -3.58. The molecule has 2 amide bonds. The summed E-state index contributed by atoms with van der Waals surface area (Å²) in [7, 11) is -0.670. The average molecular weight is 387 g/mol. The van der Waals surface area contributed by atoms with E-state index >= 15 is 0 Å². The zero-order chi connectivity index (χ0) is 19.8. The summed E-state index contributed by atoms with van der Waals surface area (Å²) >= 11 is 0. The van der Waals surface area contributed by atoms with Crippen LogP contribution in [0, 0.1) is 0 Å². The third-order valence-corrected chi connectivity index (χ3v) is 6.30. The Morgan fingerprint density at radius 1 is 1.11 bits per heavy atom. The van der Waals surface area contributed by atoms with E-state index in [2.05, 4.69) is 5.32 Å². The number of nitrogens with one attached hydrogen (secondary N) is 1. The Labute approximate surface area is 158 Å². The number of benzene rings is 2. The van der Waals surface area contributed by atoms with Crippen molar-refractivity contribution < 1.29 is 18.0 Å². The van der Waals surface area contributed by atoms with E-state index < -0.39 is 10.0 Å². The fourth-order valence-corrected chi connectivity index (χ4v) is 3.97. The monoisotopic (exact) mass is 387 g/mol. The van der Waals surface area contributed by atoms with Crippen LogP contribution in [-0.2, 0) is 21.2 Å². The van der Waals surface area contributed by atoms with Gasteiger partial charge in [0.15, 0.2) is 0 Å². The van der Waals surface area contributed by atoms with Gasteiger partial charge in [0, 0.05) is 44.5 Å². The number of nitrogens with zero attached hydrogens (tertiary/aromatic N) is 2. The Morgan fingerprint density at radius 2 is 1.85 bits per heavy atom. The minimum absolute atomic E-state index is 0.0233. The van der Waals surface area contributed by atoms with Gasteiger partial charge in [-0.2, -0.15) is 0 Å². The van der Waals surface area contributed by atoms with Crippen LogP contribution in [0.3, 0.4) is 0 Å². The molecule has 27 heavy (non-hydrogen) atoms. The minimum Gasteiger partial charge on any atom is -0.322 e. The van der Waals surface area contributed by atoms with Crippen molar-refractivity contribution >= 4 is 33.2 Å². The molecule has 0 radical (unpaired) electrons. The van der Waals surface area contributed by atoms with Crippen molar-refractivity contribution in [3.8, 4) is 0 Å². The van der Waals surface area contributed by atoms with E-state index in [1.165, 1.54) is 33.2 Å². The van der Waals surface area contributed by atoms with Gasteiger partial charge in [0.05, 0.1) is 4.90 Å². The zero-order valence-electron chi connectivity index (χ0n) is 15.4. The Bertz CT molecular complexity index is 1020. The molecule has 0 saturated heterocycles. The Kier molecular flexibility index (Phi) is 5.03. The molecule has 0 spiro atoms. The van der Waals surface area contributed by atoms with Gasteiger partial charge in [0.25, 0.3) is 5.91 Å². The van der Waals surface area contributed by atoms with Crippen molar-refractivity contribution in [1.82, 2.24) is 4.31 Å². The molecule has 0 saturated carbocycles. The zero-order valence-corrected chi connectivity index (χ0v) is 16.2. The standard InChI is InChI=1S/C19H21N3O4S/c1-13(23)22-10-9-14-11-15(7-8-18(14)22)19(24)20-16-5-4-6-17(12-16)27(25,26)21(2)3/h4-8,11-12H,9-10H2,1-3H3,(H,20,24). The fourth-order valence-electron chi connectivity index (χ4n) is 3.02. The third kappa shape index (κ3) is 3.72. The van der Waals surface area contributed by atoms with Crippen LogP contribution >= 0.6 is 0 Å². The highest BCUT2D eigenvalue weighted by atomic mass is 32.2. The molecular formula is C19H21N3O4S. The topological polar surface area (TPSA) is 86.8 Å². The van der Waals surface area contributed by atoms with Crippen molar-refractivity contribution in [3.05, 3.63) is 53.6 Å². The molecule has 0 bridgehead atoms. The molecule has 8 heteroatoms. The second-order valence-electron chi connectivity index (χ2n) is 6.53. The first kappa shape index (κ1) is 19.1. The number of carbonyl (C=O) groups excluding carboxylic acids is 2. The average Bonchev–Trinajstić information content (AvgIpc) is 3.05. The predicted molar refractivity (Wildman–Crippen MR) is 103 cm³/mol. The largest absolute Gasteiger partial charge is 0.322 e. The van der Waals surface area contributed by atoms with Gasteiger partial charge >= 0.3 is 0 Å². The molecule has 1 N–H and O–H groups in total. The Hall–Kier alpha value is -2.71. The van der Waals surface area contributed by atoms with Crippen LogP contribution in [-0.4, -0.2) is 45.2 Å². The number of fused-ring (bicyclic) bond motifs is 1. The van der Waals surface area contributed by atoms with Crippen LogP contribution in [0.15, 0.2) is 47.4 Å². The first-order valence-electron chi connectivity index (χ1n) is 8.45. The van der Waals surface area contributed by atoms with Crippen molar-refractivity contribution in [2.75, 3.05) is 30.9 Å². The van der Waals surface area contributed by atoms with E-state index in [1.807, 2.05) is 0 Å². The molecule has 0 aliphatic carbocycles. The number of hydrogen-bond donors (Lipinski definition) is 1. The summed E-state index contributed by atoms with van der Waals surface area (Å²) in [6, 6.07) is 11.3. The molecule has 1 heterocycles. The highest BCUT2D eigenvalue weighted by Crippen LogP contribution is 2.29. The fraction of sp³-hybridized carbons (Fsp3) is 0.263. The molecule has 2 aromatic rings. The second-order valence-corrected chi connectivity index (χ2v) is 8.69. The summed E-state index contributed by atoms with van der Waals surface area (Å²) in [5.74, 6) is -0.358. The predicted octanol–water partition coefficient (Wildman–Crippen LogP) is 2.10. The van der Waals surface area contributed by atoms with Crippen LogP contribution in [0.25, 0.3) is 0 Å². The lowest BCUT2D eigenvalue weighted by Gasteiger charge is -2.15. The van der Waals surface area contributed by atoms with Crippen LogP contribution in [0.1, 0.15) is 22.8 Å². The molecule has 2 aromatic carbocycles. The van der Waals surface area contributed by atoms with E-state index in [0.29, 0.717) is 24.2 Å². The van der Waals surface area contributed by atoms with Gasteiger partial charge in [-0.25, -0.2) is 12.7 Å². The second kappa shape index (κ2) is 7.13. The van der Waals surface area contributed by atoms with Gasteiger partial charge in [-0.15, -0.1) is 0 Å². The van der Waals surface area contributed by atoms with Gasteiger partial charge in [-0.1, -0.05) is 6.07 Å². The molecule has 0 fully saturated rings. The molecular weight excluding hydrogens is 366 g/mol.